The lowest BCUT2D eigenvalue weighted by Crippen LogP contribution is -2.14. The normalized spacial score (nSPS) is 10.6. The number of hydrogen-bond acceptors (Lipinski definition) is 5. The molecule has 4 aromatic rings. The van der Waals surface area contributed by atoms with Crippen LogP contribution in [-0.2, 0) is 4.79 Å². The first-order chi connectivity index (χ1) is 13.7. The van der Waals surface area contributed by atoms with Gasteiger partial charge in [-0.25, -0.2) is 4.68 Å². The number of pyridine rings is 1. The molecule has 2 N–H and O–H groups in total. The van der Waals surface area contributed by atoms with Crippen molar-refractivity contribution in [2.45, 2.75) is 0 Å². The first kappa shape index (κ1) is 17.3. The predicted molar refractivity (Wildman–Crippen MR) is 105 cm³/mol. The quantitative estimate of drug-likeness (QED) is 0.522. The van der Waals surface area contributed by atoms with Gasteiger partial charge in [-0.1, -0.05) is 0 Å². The Labute approximate surface area is 160 Å². The highest BCUT2D eigenvalue weighted by Gasteiger charge is 2.13. The Kier molecular flexibility index (Phi) is 4.47. The molecule has 0 saturated heterocycles. The van der Waals surface area contributed by atoms with Gasteiger partial charge in [0.1, 0.15) is 11.5 Å². The summed E-state index contributed by atoms with van der Waals surface area (Å²) in [5.74, 6) is -0.0510. The molecule has 0 spiro atoms. The molecule has 28 heavy (non-hydrogen) atoms. The van der Waals surface area contributed by atoms with Crippen molar-refractivity contribution in [2.75, 3.05) is 4.90 Å². The van der Waals surface area contributed by atoms with Crippen LogP contribution in [0, 0.1) is 0 Å². The van der Waals surface area contributed by atoms with E-state index in [2.05, 4.69) is 10.1 Å². The molecule has 0 unspecified atom stereocenters. The molecule has 0 aliphatic carbocycles. The number of carbonyl (C=O) groups is 1. The van der Waals surface area contributed by atoms with Gasteiger partial charge in [-0.15, -0.1) is 0 Å². The molecule has 1 amide bonds. The number of aromatic hydroxyl groups is 2. The Morgan fingerprint density at radius 1 is 0.857 bits per heavy atom. The van der Waals surface area contributed by atoms with E-state index in [4.69, 9.17) is 0 Å². The second-order valence-electron chi connectivity index (χ2n) is 6.03. The summed E-state index contributed by atoms with van der Waals surface area (Å²) in [4.78, 5) is 17.0. The predicted octanol–water partition coefficient (Wildman–Crippen LogP) is 3.64. The fourth-order valence-electron chi connectivity index (χ4n) is 2.98. The molecule has 2 aromatic carbocycles. The zero-order chi connectivity index (χ0) is 19.5. The van der Waals surface area contributed by atoms with Crippen molar-refractivity contribution in [3.05, 3.63) is 79.3 Å². The van der Waals surface area contributed by atoms with Crippen LogP contribution < -0.4 is 4.90 Å². The van der Waals surface area contributed by atoms with Gasteiger partial charge < -0.3 is 10.2 Å². The lowest BCUT2D eigenvalue weighted by Gasteiger charge is -2.18. The second-order valence-corrected chi connectivity index (χ2v) is 6.03. The SMILES string of the molecule is O=CN(c1ccncc1)c1ccc(-n2nccc2-c2ccc(O)cc2O)cc1. The summed E-state index contributed by atoms with van der Waals surface area (Å²) < 4.78 is 1.67. The topological polar surface area (TPSA) is 91.5 Å². The highest BCUT2D eigenvalue weighted by Crippen LogP contribution is 2.33. The van der Waals surface area contributed by atoms with Crippen LogP contribution >= 0.6 is 0 Å². The average molecular weight is 372 g/mol. The van der Waals surface area contributed by atoms with Gasteiger partial charge in [0, 0.05) is 29.7 Å². The molecule has 2 heterocycles. The fraction of sp³-hybridized carbons (Fsp3) is 0. The standard InChI is InChI=1S/C21H16N4O3/c26-14-24(16-7-10-22-11-8-16)15-1-3-17(4-2-15)25-20(9-12-23-25)19-6-5-18(27)13-21(19)28/h1-14,27-28H. The second kappa shape index (κ2) is 7.24. The van der Waals surface area contributed by atoms with Crippen molar-refractivity contribution < 1.29 is 15.0 Å². The van der Waals surface area contributed by atoms with Gasteiger partial charge in [-0.2, -0.15) is 5.10 Å². The summed E-state index contributed by atoms with van der Waals surface area (Å²) in [6, 6.07) is 17.0. The zero-order valence-corrected chi connectivity index (χ0v) is 14.7. The van der Waals surface area contributed by atoms with Crippen LogP contribution in [0.2, 0.25) is 0 Å². The number of amides is 1. The minimum Gasteiger partial charge on any atom is -0.508 e. The van der Waals surface area contributed by atoms with E-state index < -0.39 is 0 Å². The number of rotatable bonds is 5. The number of nitrogens with zero attached hydrogens (tertiary/aromatic N) is 4. The van der Waals surface area contributed by atoms with Gasteiger partial charge in [0.2, 0.25) is 6.41 Å². The molecule has 138 valence electrons. The fourth-order valence-corrected chi connectivity index (χ4v) is 2.98. The van der Waals surface area contributed by atoms with Crippen molar-refractivity contribution in [3.63, 3.8) is 0 Å². The van der Waals surface area contributed by atoms with Crippen molar-refractivity contribution in [2.24, 2.45) is 0 Å². The van der Waals surface area contributed by atoms with Crippen LogP contribution in [0.25, 0.3) is 16.9 Å². The molecule has 4 rings (SSSR count). The summed E-state index contributed by atoms with van der Waals surface area (Å²) in [6.07, 6.45) is 5.63. The monoisotopic (exact) mass is 372 g/mol. The maximum atomic E-state index is 11.6. The minimum absolute atomic E-state index is 0.0123. The summed E-state index contributed by atoms with van der Waals surface area (Å²) in [6.45, 7) is 0. The maximum Gasteiger partial charge on any atom is 0.218 e. The summed E-state index contributed by atoms with van der Waals surface area (Å²) in [7, 11) is 0. The number of hydrogen-bond donors (Lipinski definition) is 2. The maximum absolute atomic E-state index is 11.6. The summed E-state index contributed by atoms with van der Waals surface area (Å²) in [5.41, 5.74) is 3.40. The van der Waals surface area contributed by atoms with E-state index in [0.29, 0.717) is 22.6 Å². The molecule has 0 atom stereocenters. The van der Waals surface area contributed by atoms with Crippen LogP contribution in [-0.4, -0.2) is 31.4 Å². The van der Waals surface area contributed by atoms with Crippen molar-refractivity contribution >= 4 is 17.8 Å². The van der Waals surface area contributed by atoms with E-state index >= 15 is 0 Å². The van der Waals surface area contributed by atoms with Gasteiger partial charge in [0.15, 0.2) is 0 Å². The third-order valence-electron chi connectivity index (χ3n) is 4.32. The van der Waals surface area contributed by atoms with Gasteiger partial charge >= 0.3 is 0 Å². The third kappa shape index (κ3) is 3.16. The molecule has 0 bridgehead atoms. The Balaban J connectivity index is 1.69. The van der Waals surface area contributed by atoms with E-state index in [1.54, 1.807) is 47.5 Å². The lowest BCUT2D eigenvalue weighted by atomic mass is 10.1. The van der Waals surface area contributed by atoms with Crippen molar-refractivity contribution in [3.8, 4) is 28.4 Å². The van der Waals surface area contributed by atoms with Gasteiger partial charge in [-0.3, -0.25) is 14.7 Å². The minimum atomic E-state index is -0.0387. The van der Waals surface area contributed by atoms with Gasteiger partial charge in [0.25, 0.3) is 0 Å². The molecule has 7 nitrogen and oxygen atoms in total. The van der Waals surface area contributed by atoms with E-state index in [9.17, 15) is 15.0 Å². The molecule has 0 aliphatic rings. The molecule has 2 aromatic heterocycles. The molecule has 0 fully saturated rings. The average Bonchev–Trinajstić information content (AvgIpc) is 3.19. The Morgan fingerprint density at radius 3 is 2.25 bits per heavy atom. The number of benzene rings is 2. The zero-order valence-electron chi connectivity index (χ0n) is 14.7. The first-order valence-electron chi connectivity index (χ1n) is 8.49. The Bertz CT molecular complexity index is 1110. The molecule has 0 aliphatic heterocycles. The van der Waals surface area contributed by atoms with Crippen LogP contribution in [0.1, 0.15) is 0 Å². The molecule has 0 radical (unpaired) electrons. The van der Waals surface area contributed by atoms with Gasteiger partial charge in [-0.05, 0) is 54.6 Å². The van der Waals surface area contributed by atoms with E-state index in [0.717, 1.165) is 12.1 Å². The number of phenols is 2. The van der Waals surface area contributed by atoms with Crippen LogP contribution in [0.15, 0.2) is 79.3 Å². The summed E-state index contributed by atoms with van der Waals surface area (Å²) in [5, 5.41) is 24.0. The number of carbonyl (C=O) groups excluding carboxylic acids is 1. The highest BCUT2D eigenvalue weighted by molar-refractivity contribution is 5.86. The third-order valence-corrected chi connectivity index (χ3v) is 4.32. The van der Waals surface area contributed by atoms with E-state index in [-0.39, 0.29) is 11.5 Å². The number of anilines is 2. The van der Waals surface area contributed by atoms with Crippen molar-refractivity contribution in [1.29, 1.82) is 0 Å². The Morgan fingerprint density at radius 2 is 1.57 bits per heavy atom. The van der Waals surface area contributed by atoms with E-state index in [1.807, 2.05) is 24.3 Å². The largest absolute Gasteiger partial charge is 0.508 e. The molecule has 0 saturated carbocycles. The van der Waals surface area contributed by atoms with Crippen molar-refractivity contribution in [1.82, 2.24) is 14.8 Å². The number of aromatic nitrogens is 3. The van der Waals surface area contributed by atoms with Crippen LogP contribution in [0.3, 0.4) is 0 Å². The lowest BCUT2D eigenvalue weighted by molar-refractivity contribution is -0.106. The number of phenolic OH excluding ortho intramolecular Hbond substituents is 2. The smallest absolute Gasteiger partial charge is 0.218 e. The Hall–Kier alpha value is -4.13. The summed E-state index contributed by atoms with van der Waals surface area (Å²) >= 11 is 0. The molecular formula is C21H16N4O3. The van der Waals surface area contributed by atoms with E-state index in [1.165, 1.54) is 17.0 Å². The van der Waals surface area contributed by atoms with Gasteiger partial charge in [0.05, 0.1) is 23.3 Å². The van der Waals surface area contributed by atoms with Crippen LogP contribution in [0.5, 0.6) is 11.5 Å². The molecule has 7 heteroatoms. The molecular weight excluding hydrogens is 356 g/mol. The highest BCUT2D eigenvalue weighted by atomic mass is 16.3. The first-order valence-corrected chi connectivity index (χ1v) is 8.49. The van der Waals surface area contributed by atoms with Crippen LogP contribution in [0.4, 0.5) is 11.4 Å².